The second kappa shape index (κ2) is 15.0. The molecule has 0 spiro atoms. The van der Waals surface area contributed by atoms with Crippen LogP contribution in [0.1, 0.15) is 64.5 Å². The number of thiazole rings is 1. The molecule has 2 N–H and O–H groups in total. The van der Waals surface area contributed by atoms with E-state index in [2.05, 4.69) is 40.4 Å². The maximum Gasteiger partial charge on any atom is 0.332 e. The third-order valence-electron chi connectivity index (χ3n) is 8.51. The number of carbonyl (C=O) groups excluding carboxylic acids is 3. The number of urea groups is 1. The van der Waals surface area contributed by atoms with Crippen molar-refractivity contribution in [3.8, 4) is 22.2 Å². The molecule has 1 aliphatic carbocycles. The summed E-state index contributed by atoms with van der Waals surface area (Å²) in [6.45, 7) is 6.78. The Labute approximate surface area is 287 Å². The van der Waals surface area contributed by atoms with Crippen LogP contribution < -0.4 is 20.1 Å². The van der Waals surface area contributed by atoms with Gasteiger partial charge in [-0.05, 0) is 66.6 Å². The summed E-state index contributed by atoms with van der Waals surface area (Å²) in [5, 5.41) is 9.35. The van der Waals surface area contributed by atoms with Crippen molar-refractivity contribution in [2.75, 3.05) is 33.9 Å². The SMILES string of the molecule is CCOC(=O)[C@@]12C[C@H]1C=CCCCCN(C)C(=O)N[C@@H](CCOc1cc(-c3nc(C(C)C)cs3)nc3c(Br)c(OC)ccc13)C(=O)N2. The fourth-order valence-electron chi connectivity index (χ4n) is 5.57. The molecule has 47 heavy (non-hydrogen) atoms. The summed E-state index contributed by atoms with van der Waals surface area (Å²) in [5.74, 6) is 0.356. The summed E-state index contributed by atoms with van der Waals surface area (Å²) in [7, 11) is 3.30. The summed E-state index contributed by atoms with van der Waals surface area (Å²) in [6.07, 6.45) is 7.19. The Morgan fingerprint density at radius 3 is 2.74 bits per heavy atom. The van der Waals surface area contributed by atoms with E-state index in [4.69, 9.17) is 24.2 Å². The van der Waals surface area contributed by atoms with Crippen LogP contribution in [0.25, 0.3) is 21.6 Å². The zero-order valence-electron chi connectivity index (χ0n) is 27.4. The lowest BCUT2D eigenvalue weighted by molar-refractivity contribution is -0.149. The van der Waals surface area contributed by atoms with Crippen molar-refractivity contribution in [2.45, 2.75) is 70.4 Å². The minimum atomic E-state index is -1.15. The Bertz CT molecular complexity index is 1660. The van der Waals surface area contributed by atoms with E-state index in [-0.39, 0.29) is 37.5 Å². The molecule has 1 aliphatic heterocycles. The first-order chi connectivity index (χ1) is 22.6. The summed E-state index contributed by atoms with van der Waals surface area (Å²) in [5.41, 5.74) is 1.13. The summed E-state index contributed by atoms with van der Waals surface area (Å²) < 4.78 is 17.9. The zero-order valence-corrected chi connectivity index (χ0v) is 29.8. The highest BCUT2D eigenvalue weighted by Gasteiger charge is 2.61. The Balaban J connectivity index is 1.42. The third kappa shape index (κ3) is 7.72. The molecule has 3 amide bonds. The topological polar surface area (TPSA) is 132 Å². The van der Waals surface area contributed by atoms with E-state index < -0.39 is 23.5 Å². The van der Waals surface area contributed by atoms with Gasteiger partial charge in [-0.25, -0.2) is 19.6 Å². The summed E-state index contributed by atoms with van der Waals surface area (Å²) in [6, 6.07) is 4.23. The molecule has 0 unspecified atom stereocenters. The lowest BCUT2D eigenvalue weighted by Crippen LogP contribution is -2.56. The molecule has 3 aromatic rings. The zero-order chi connectivity index (χ0) is 33.7. The van der Waals surface area contributed by atoms with Crippen LogP contribution in [0, 0.1) is 5.92 Å². The van der Waals surface area contributed by atoms with Gasteiger partial charge in [-0.1, -0.05) is 26.0 Å². The molecule has 13 heteroatoms. The highest BCUT2D eigenvalue weighted by Crippen LogP contribution is 2.46. The van der Waals surface area contributed by atoms with Crippen molar-refractivity contribution in [1.29, 1.82) is 0 Å². The van der Waals surface area contributed by atoms with Crippen molar-refractivity contribution >= 4 is 56.1 Å². The average molecular weight is 729 g/mol. The molecule has 252 valence electrons. The molecule has 0 radical (unpaired) electrons. The minimum Gasteiger partial charge on any atom is -0.495 e. The van der Waals surface area contributed by atoms with Crippen LogP contribution >= 0.6 is 27.3 Å². The van der Waals surface area contributed by atoms with E-state index in [1.807, 2.05) is 35.7 Å². The number of nitrogens with zero attached hydrogens (tertiary/aromatic N) is 3. The van der Waals surface area contributed by atoms with Crippen LogP contribution in [0.15, 0.2) is 40.2 Å². The molecule has 2 aromatic heterocycles. The van der Waals surface area contributed by atoms with Gasteiger partial charge in [-0.3, -0.25) is 4.79 Å². The van der Waals surface area contributed by atoms with Crippen LogP contribution in [-0.2, 0) is 14.3 Å². The van der Waals surface area contributed by atoms with Gasteiger partial charge in [0.25, 0.3) is 0 Å². The first kappa shape index (κ1) is 34.6. The highest BCUT2D eigenvalue weighted by molar-refractivity contribution is 9.10. The molecule has 1 saturated carbocycles. The normalized spacial score (nSPS) is 21.9. The van der Waals surface area contributed by atoms with E-state index >= 15 is 0 Å². The number of benzene rings is 1. The van der Waals surface area contributed by atoms with E-state index in [0.717, 1.165) is 35.4 Å². The van der Waals surface area contributed by atoms with Crippen LogP contribution in [0.2, 0.25) is 0 Å². The fourth-order valence-corrected chi connectivity index (χ4v) is 7.11. The molecule has 0 bridgehead atoms. The quantitative estimate of drug-likeness (QED) is 0.197. The molecular formula is C34H42BrN5O6S. The molecule has 5 rings (SSSR count). The van der Waals surface area contributed by atoms with E-state index in [9.17, 15) is 14.4 Å². The second-order valence-electron chi connectivity index (χ2n) is 12.2. The molecule has 3 atom stereocenters. The number of ether oxygens (including phenoxy) is 3. The maximum atomic E-state index is 13.8. The van der Waals surface area contributed by atoms with E-state index in [0.29, 0.717) is 40.1 Å². The lowest BCUT2D eigenvalue weighted by atomic mass is 10.1. The van der Waals surface area contributed by atoms with Gasteiger partial charge in [0, 0.05) is 42.8 Å². The number of rotatable bonds is 9. The second-order valence-corrected chi connectivity index (χ2v) is 13.8. The first-order valence-electron chi connectivity index (χ1n) is 16.0. The Morgan fingerprint density at radius 1 is 1.21 bits per heavy atom. The van der Waals surface area contributed by atoms with Crippen LogP contribution in [0.4, 0.5) is 4.79 Å². The summed E-state index contributed by atoms with van der Waals surface area (Å²) in [4.78, 5) is 51.3. The van der Waals surface area contributed by atoms with Crippen molar-refractivity contribution < 1.29 is 28.6 Å². The van der Waals surface area contributed by atoms with Gasteiger partial charge >= 0.3 is 12.0 Å². The average Bonchev–Trinajstić information content (AvgIpc) is 3.50. The number of allylic oxidation sites excluding steroid dienone is 1. The largest absolute Gasteiger partial charge is 0.495 e. The van der Waals surface area contributed by atoms with E-state index in [1.165, 1.54) is 11.3 Å². The first-order valence-corrected chi connectivity index (χ1v) is 17.7. The van der Waals surface area contributed by atoms with Gasteiger partial charge in [-0.2, -0.15) is 0 Å². The number of nitrogens with one attached hydrogen (secondary N) is 2. The van der Waals surface area contributed by atoms with Crippen molar-refractivity contribution in [3.05, 3.63) is 45.9 Å². The number of fused-ring (bicyclic) bond motifs is 2. The molecule has 0 saturated heterocycles. The molecular weight excluding hydrogens is 686 g/mol. The molecule has 1 fully saturated rings. The van der Waals surface area contributed by atoms with Gasteiger partial charge in [0.2, 0.25) is 5.91 Å². The number of aromatic nitrogens is 2. The highest BCUT2D eigenvalue weighted by atomic mass is 79.9. The smallest absolute Gasteiger partial charge is 0.332 e. The predicted molar refractivity (Wildman–Crippen MR) is 185 cm³/mol. The Hall–Kier alpha value is -3.71. The number of amides is 3. The monoisotopic (exact) mass is 727 g/mol. The molecule has 2 aliphatic rings. The Kier molecular flexibility index (Phi) is 11.1. The minimum absolute atomic E-state index is 0.0924. The number of halogens is 1. The fraction of sp³-hybridized carbons (Fsp3) is 0.500. The van der Waals surface area contributed by atoms with Crippen molar-refractivity contribution in [2.24, 2.45) is 5.92 Å². The number of methoxy groups -OCH3 is 1. The van der Waals surface area contributed by atoms with Crippen LogP contribution in [-0.4, -0.2) is 78.3 Å². The molecule has 11 nitrogen and oxygen atoms in total. The standard InChI is InChI=1S/C34H42BrN5O6S/c1-6-45-32(42)34-18-21(34)11-9-7-8-10-15-40(4)33(43)38-23(30(41)39-34)14-16-46-27-17-24(31-37-25(19-47-31)20(2)3)36-29-22(27)12-13-26(44-5)28(29)35/h9,11-13,17,19-21,23H,6-8,10,14-16,18H2,1-5H3,(H,38,43)(H,39,41)/t21-,23+,34-/m1/s1. The van der Waals surface area contributed by atoms with Crippen molar-refractivity contribution in [3.63, 3.8) is 0 Å². The third-order valence-corrected chi connectivity index (χ3v) is 10.2. The maximum absolute atomic E-state index is 13.8. The lowest BCUT2D eigenvalue weighted by Gasteiger charge is -2.26. The number of hydrogen-bond donors (Lipinski definition) is 2. The number of pyridine rings is 1. The van der Waals surface area contributed by atoms with Gasteiger partial charge < -0.3 is 29.7 Å². The predicted octanol–water partition coefficient (Wildman–Crippen LogP) is 6.21. The number of esters is 1. The molecule has 3 heterocycles. The van der Waals surface area contributed by atoms with Gasteiger partial charge in [0.05, 0.1) is 36.0 Å². The van der Waals surface area contributed by atoms with Crippen LogP contribution in [0.5, 0.6) is 11.5 Å². The van der Waals surface area contributed by atoms with Gasteiger partial charge in [0.15, 0.2) is 0 Å². The van der Waals surface area contributed by atoms with Gasteiger partial charge in [-0.15, -0.1) is 11.3 Å². The Morgan fingerprint density at radius 2 is 2.02 bits per heavy atom. The van der Waals surface area contributed by atoms with E-state index in [1.54, 1.807) is 26.0 Å². The van der Waals surface area contributed by atoms with Crippen LogP contribution in [0.3, 0.4) is 0 Å². The van der Waals surface area contributed by atoms with Crippen molar-refractivity contribution in [1.82, 2.24) is 25.5 Å². The number of hydrogen-bond acceptors (Lipinski definition) is 9. The summed E-state index contributed by atoms with van der Waals surface area (Å²) >= 11 is 5.16. The molecule has 1 aromatic carbocycles. The number of carbonyl (C=O) groups is 3. The van der Waals surface area contributed by atoms with Gasteiger partial charge in [0.1, 0.15) is 33.8 Å².